The topological polar surface area (TPSA) is 80.1 Å². The maximum Gasteiger partial charge on any atom is 0.280 e. The Bertz CT molecular complexity index is 1040. The van der Waals surface area contributed by atoms with Gasteiger partial charge >= 0.3 is 0 Å². The molecule has 0 aliphatic carbocycles. The van der Waals surface area contributed by atoms with Crippen LogP contribution in [-0.2, 0) is 24.8 Å². The van der Waals surface area contributed by atoms with Crippen molar-refractivity contribution in [1.29, 1.82) is 0 Å². The summed E-state index contributed by atoms with van der Waals surface area (Å²) in [6.45, 7) is 3.23. The molecule has 1 saturated heterocycles. The predicted molar refractivity (Wildman–Crippen MR) is 106 cm³/mol. The third-order valence-corrected chi connectivity index (χ3v) is 5.90. The maximum absolute atomic E-state index is 12.6. The van der Waals surface area contributed by atoms with Crippen molar-refractivity contribution < 1.29 is 4.79 Å². The highest BCUT2D eigenvalue weighted by molar-refractivity contribution is 7.21. The van der Waals surface area contributed by atoms with E-state index in [0.717, 1.165) is 24.4 Å². The van der Waals surface area contributed by atoms with Gasteiger partial charge in [-0.25, -0.2) is 9.97 Å². The minimum absolute atomic E-state index is 0.0144. The smallest absolute Gasteiger partial charge is 0.280 e. The molecule has 1 N–H and O–H groups in total. The molecule has 7 nitrogen and oxygen atoms in total. The van der Waals surface area contributed by atoms with Crippen LogP contribution in [0.3, 0.4) is 0 Å². The van der Waals surface area contributed by atoms with Gasteiger partial charge in [-0.05, 0) is 12.0 Å². The molecule has 8 heteroatoms. The minimum Gasteiger partial charge on any atom is -0.350 e. The van der Waals surface area contributed by atoms with Gasteiger partial charge in [0.2, 0.25) is 5.91 Å². The summed E-state index contributed by atoms with van der Waals surface area (Å²) in [5.41, 5.74) is 1.31. The quantitative estimate of drug-likeness (QED) is 0.727. The lowest BCUT2D eigenvalue weighted by Crippen LogP contribution is -2.56. The number of thiazole rings is 1. The summed E-state index contributed by atoms with van der Waals surface area (Å²) in [5.74, 6) is 0.725. The number of anilines is 1. The second-order valence-corrected chi connectivity index (χ2v) is 7.55. The van der Waals surface area contributed by atoms with Crippen LogP contribution in [0.25, 0.3) is 10.3 Å². The first-order chi connectivity index (χ1) is 13.1. The van der Waals surface area contributed by atoms with Crippen LogP contribution < -0.4 is 15.8 Å². The fourth-order valence-corrected chi connectivity index (χ4v) is 4.24. The van der Waals surface area contributed by atoms with Crippen LogP contribution in [0.1, 0.15) is 24.7 Å². The van der Waals surface area contributed by atoms with E-state index in [1.807, 2.05) is 42.2 Å². The van der Waals surface area contributed by atoms with Crippen molar-refractivity contribution in [3.05, 3.63) is 52.1 Å². The highest BCUT2D eigenvalue weighted by Crippen LogP contribution is 2.32. The lowest BCUT2D eigenvalue weighted by Gasteiger charge is -2.39. The summed E-state index contributed by atoms with van der Waals surface area (Å²) in [5, 5.41) is 3.68. The Kier molecular flexibility index (Phi) is 4.65. The van der Waals surface area contributed by atoms with E-state index in [0.29, 0.717) is 28.4 Å². The molecule has 27 heavy (non-hydrogen) atoms. The molecule has 0 spiro atoms. The number of benzene rings is 1. The number of aryl methyl sites for hydroxylation is 1. The largest absolute Gasteiger partial charge is 0.350 e. The number of aromatic nitrogens is 3. The number of fused-ring (bicyclic) bond motifs is 1. The molecule has 3 heterocycles. The lowest BCUT2D eigenvalue weighted by atomic mass is 10.0. The van der Waals surface area contributed by atoms with Crippen LogP contribution in [0.2, 0.25) is 0 Å². The number of carbonyl (C=O) groups excluding carboxylic acids is 1. The molecule has 0 saturated carbocycles. The van der Waals surface area contributed by atoms with Gasteiger partial charge in [-0.15, -0.1) is 0 Å². The van der Waals surface area contributed by atoms with Crippen LogP contribution in [-0.4, -0.2) is 33.0 Å². The number of hydrogen-bond donors (Lipinski definition) is 1. The molecule has 1 amide bonds. The Morgan fingerprint density at radius 3 is 2.74 bits per heavy atom. The molecule has 0 radical (unpaired) electrons. The van der Waals surface area contributed by atoms with Gasteiger partial charge in [-0.1, -0.05) is 48.6 Å². The first kappa shape index (κ1) is 17.7. The lowest BCUT2D eigenvalue weighted by molar-refractivity contribution is -0.123. The Morgan fingerprint density at radius 2 is 2.07 bits per heavy atom. The summed E-state index contributed by atoms with van der Waals surface area (Å²) in [6, 6.07) is 9.59. The van der Waals surface area contributed by atoms with Crippen molar-refractivity contribution in [3.8, 4) is 0 Å². The highest BCUT2D eigenvalue weighted by Gasteiger charge is 2.36. The van der Waals surface area contributed by atoms with Crippen molar-refractivity contribution in [2.75, 3.05) is 11.4 Å². The fraction of sp³-hybridized carbons (Fsp3) is 0.368. The van der Waals surface area contributed by atoms with Gasteiger partial charge in [-0.2, -0.15) is 0 Å². The number of amides is 1. The van der Waals surface area contributed by atoms with Gasteiger partial charge in [0.25, 0.3) is 5.56 Å². The zero-order valence-corrected chi connectivity index (χ0v) is 16.1. The molecule has 2 aromatic heterocycles. The molecule has 0 bridgehead atoms. The Hall–Kier alpha value is -2.74. The monoisotopic (exact) mass is 383 g/mol. The first-order valence-electron chi connectivity index (χ1n) is 9.03. The molecule has 1 atom stereocenters. The van der Waals surface area contributed by atoms with E-state index in [4.69, 9.17) is 0 Å². The molecule has 1 aliphatic heterocycles. The Balaban J connectivity index is 1.52. The highest BCUT2D eigenvalue weighted by atomic mass is 32.1. The zero-order chi connectivity index (χ0) is 19.0. The molecule has 3 aromatic rings. The van der Waals surface area contributed by atoms with E-state index in [9.17, 15) is 9.59 Å². The van der Waals surface area contributed by atoms with E-state index in [-0.39, 0.29) is 17.5 Å². The van der Waals surface area contributed by atoms with E-state index < -0.39 is 0 Å². The van der Waals surface area contributed by atoms with Crippen molar-refractivity contribution in [2.45, 2.75) is 32.4 Å². The van der Waals surface area contributed by atoms with Crippen molar-refractivity contribution in [2.24, 2.45) is 7.05 Å². The maximum atomic E-state index is 12.6. The summed E-state index contributed by atoms with van der Waals surface area (Å²) in [4.78, 5) is 36.7. The molecule has 1 unspecified atom stereocenters. The van der Waals surface area contributed by atoms with Crippen LogP contribution in [0.5, 0.6) is 0 Å². The SMILES string of the molecule is CCc1nc2sc(N3CCC3C(=O)NCc3ccccc3)nc2c(=O)n1C. The van der Waals surface area contributed by atoms with Gasteiger partial charge in [0, 0.05) is 26.6 Å². The molecular weight excluding hydrogens is 362 g/mol. The second kappa shape index (κ2) is 7.11. The average Bonchev–Trinajstić information content (AvgIpc) is 3.06. The number of nitrogens with one attached hydrogen (secondary N) is 1. The van der Waals surface area contributed by atoms with Crippen LogP contribution in [0.4, 0.5) is 5.13 Å². The fourth-order valence-electron chi connectivity index (χ4n) is 3.22. The van der Waals surface area contributed by atoms with Gasteiger partial charge in [0.1, 0.15) is 11.9 Å². The normalized spacial score (nSPS) is 16.4. The van der Waals surface area contributed by atoms with E-state index in [1.54, 1.807) is 11.6 Å². The van der Waals surface area contributed by atoms with Crippen molar-refractivity contribution in [3.63, 3.8) is 0 Å². The van der Waals surface area contributed by atoms with Crippen molar-refractivity contribution >= 4 is 32.7 Å². The van der Waals surface area contributed by atoms with Crippen molar-refractivity contribution in [1.82, 2.24) is 19.9 Å². The van der Waals surface area contributed by atoms with Crippen LogP contribution >= 0.6 is 11.3 Å². The molecule has 1 aromatic carbocycles. The van der Waals surface area contributed by atoms with Gasteiger partial charge < -0.3 is 10.2 Å². The number of hydrogen-bond acceptors (Lipinski definition) is 6. The van der Waals surface area contributed by atoms with Gasteiger partial charge in [0.05, 0.1) is 0 Å². The van der Waals surface area contributed by atoms with Crippen LogP contribution in [0.15, 0.2) is 35.1 Å². The summed E-state index contributed by atoms with van der Waals surface area (Å²) in [6.07, 6.45) is 1.46. The second-order valence-electron chi connectivity index (χ2n) is 6.60. The summed E-state index contributed by atoms with van der Waals surface area (Å²) < 4.78 is 1.55. The molecule has 1 fully saturated rings. The van der Waals surface area contributed by atoms with Gasteiger partial charge in [0.15, 0.2) is 15.5 Å². The van der Waals surface area contributed by atoms with E-state index in [2.05, 4.69) is 15.3 Å². The number of carbonyl (C=O) groups is 1. The number of rotatable bonds is 5. The third kappa shape index (κ3) is 3.21. The Morgan fingerprint density at radius 1 is 1.30 bits per heavy atom. The average molecular weight is 383 g/mol. The van der Waals surface area contributed by atoms with E-state index >= 15 is 0 Å². The first-order valence-corrected chi connectivity index (χ1v) is 9.85. The minimum atomic E-state index is -0.247. The molecule has 4 rings (SSSR count). The third-order valence-electron chi connectivity index (χ3n) is 4.92. The van der Waals surface area contributed by atoms with Crippen LogP contribution in [0, 0.1) is 0 Å². The summed E-state index contributed by atoms with van der Waals surface area (Å²) >= 11 is 1.38. The Labute approximate surface area is 160 Å². The standard InChI is InChI=1S/C19H21N5O2S/c1-3-14-21-17-15(18(26)23(14)2)22-19(27-17)24-10-9-13(24)16(25)20-11-12-7-5-4-6-8-12/h4-8,13H,3,9-11H2,1-2H3,(H,20,25). The molecular formula is C19H21N5O2S. The zero-order valence-electron chi connectivity index (χ0n) is 15.3. The molecule has 140 valence electrons. The molecule has 1 aliphatic rings. The number of nitrogens with zero attached hydrogens (tertiary/aromatic N) is 4. The predicted octanol–water partition coefficient (Wildman–Crippen LogP) is 1.85. The van der Waals surface area contributed by atoms with Gasteiger partial charge in [-0.3, -0.25) is 14.2 Å². The summed E-state index contributed by atoms with van der Waals surface area (Å²) in [7, 11) is 1.72. The van der Waals surface area contributed by atoms with E-state index in [1.165, 1.54) is 11.3 Å².